The zero-order valence-electron chi connectivity index (χ0n) is 15.2. The average molecular weight is 312 g/mol. The van der Waals surface area contributed by atoms with Crippen LogP contribution in [0.4, 0.5) is 0 Å². The molecule has 0 aromatic heterocycles. The lowest BCUT2D eigenvalue weighted by Gasteiger charge is -2.30. The van der Waals surface area contributed by atoms with Crippen LogP contribution in [0.5, 0.6) is 0 Å². The molecule has 2 atom stereocenters. The van der Waals surface area contributed by atoms with Gasteiger partial charge in [-0.3, -0.25) is 9.59 Å². The van der Waals surface area contributed by atoms with E-state index in [1.54, 1.807) is 0 Å². The van der Waals surface area contributed by atoms with Crippen LogP contribution in [0, 0.1) is 11.3 Å². The van der Waals surface area contributed by atoms with Crippen LogP contribution in [0.3, 0.4) is 0 Å². The predicted molar refractivity (Wildman–Crippen MR) is 92.4 cm³/mol. The smallest absolute Gasteiger partial charge is 0.220 e. The van der Waals surface area contributed by atoms with Gasteiger partial charge < -0.3 is 11.1 Å². The van der Waals surface area contributed by atoms with E-state index in [9.17, 15) is 9.59 Å². The van der Waals surface area contributed by atoms with Gasteiger partial charge >= 0.3 is 0 Å². The second kappa shape index (κ2) is 10.6. The Labute approximate surface area is 136 Å². The van der Waals surface area contributed by atoms with Crippen molar-refractivity contribution in [1.82, 2.24) is 5.32 Å². The van der Waals surface area contributed by atoms with Crippen molar-refractivity contribution in [2.75, 3.05) is 0 Å². The molecule has 3 N–H and O–H groups in total. The van der Waals surface area contributed by atoms with E-state index in [0.29, 0.717) is 6.42 Å². The van der Waals surface area contributed by atoms with Crippen molar-refractivity contribution in [1.29, 1.82) is 0 Å². The molecule has 0 aliphatic rings. The minimum Gasteiger partial charge on any atom is -0.370 e. The molecular weight excluding hydrogens is 276 g/mol. The molecule has 0 aromatic rings. The molecule has 0 heterocycles. The Bertz CT molecular complexity index is 334. The molecule has 22 heavy (non-hydrogen) atoms. The van der Waals surface area contributed by atoms with E-state index in [2.05, 4.69) is 39.9 Å². The van der Waals surface area contributed by atoms with Gasteiger partial charge in [-0.25, -0.2) is 0 Å². The van der Waals surface area contributed by atoms with E-state index in [0.717, 1.165) is 19.3 Å². The summed E-state index contributed by atoms with van der Waals surface area (Å²) in [6.45, 7) is 10.8. The third kappa shape index (κ3) is 11.6. The predicted octanol–water partition coefficient (Wildman–Crippen LogP) is 3.78. The molecule has 4 nitrogen and oxygen atoms in total. The standard InChI is InChI=1S/C18H36N2O2/c1-6-7-8-9-10-11-17(22)20-15(12-16(19)21)14(2)13-18(3,4)5/h14-15H,6-13H2,1-5H3,(H2,19,21)(H,20,22)/t14?,15-/m1/s1. The lowest BCUT2D eigenvalue weighted by atomic mass is 9.81. The molecule has 0 saturated carbocycles. The minimum absolute atomic E-state index is 0.0449. The number of carbonyl (C=O) groups is 2. The first kappa shape index (κ1) is 20.9. The summed E-state index contributed by atoms with van der Waals surface area (Å²) < 4.78 is 0. The van der Waals surface area contributed by atoms with E-state index >= 15 is 0 Å². The Hall–Kier alpha value is -1.06. The summed E-state index contributed by atoms with van der Waals surface area (Å²) in [4.78, 5) is 23.3. The number of primary amides is 1. The van der Waals surface area contributed by atoms with E-state index in [1.165, 1.54) is 19.3 Å². The number of nitrogens with one attached hydrogen (secondary N) is 1. The Morgan fingerprint density at radius 1 is 1.09 bits per heavy atom. The van der Waals surface area contributed by atoms with Crippen LogP contribution in [0.2, 0.25) is 0 Å². The van der Waals surface area contributed by atoms with Gasteiger partial charge in [0.2, 0.25) is 11.8 Å². The van der Waals surface area contributed by atoms with Gasteiger partial charge in [0, 0.05) is 18.9 Å². The zero-order chi connectivity index (χ0) is 17.2. The molecule has 0 aliphatic heterocycles. The van der Waals surface area contributed by atoms with Crippen LogP contribution in [-0.2, 0) is 9.59 Å². The third-order valence-electron chi connectivity index (χ3n) is 3.90. The number of hydrogen-bond acceptors (Lipinski definition) is 2. The minimum atomic E-state index is -0.353. The Kier molecular flexibility index (Phi) is 10.1. The van der Waals surface area contributed by atoms with Crippen molar-refractivity contribution >= 4 is 11.8 Å². The highest BCUT2D eigenvalue weighted by Gasteiger charge is 2.25. The highest BCUT2D eigenvalue weighted by molar-refractivity contribution is 5.78. The molecule has 1 unspecified atom stereocenters. The number of hydrogen-bond donors (Lipinski definition) is 2. The maximum Gasteiger partial charge on any atom is 0.220 e. The highest BCUT2D eigenvalue weighted by atomic mass is 16.2. The van der Waals surface area contributed by atoms with Crippen molar-refractivity contribution < 1.29 is 9.59 Å². The van der Waals surface area contributed by atoms with Gasteiger partial charge in [0.1, 0.15) is 0 Å². The van der Waals surface area contributed by atoms with Crippen LogP contribution >= 0.6 is 0 Å². The molecule has 130 valence electrons. The van der Waals surface area contributed by atoms with Gasteiger partial charge in [0.05, 0.1) is 0 Å². The van der Waals surface area contributed by atoms with Crippen molar-refractivity contribution in [3.8, 4) is 0 Å². The molecule has 0 aliphatic carbocycles. The van der Waals surface area contributed by atoms with E-state index < -0.39 is 0 Å². The normalized spacial score (nSPS) is 14.4. The Balaban J connectivity index is 4.33. The molecule has 0 rings (SSSR count). The van der Waals surface area contributed by atoms with Crippen LogP contribution < -0.4 is 11.1 Å². The first-order valence-electron chi connectivity index (χ1n) is 8.73. The second-order valence-corrected chi connectivity index (χ2v) is 7.75. The van der Waals surface area contributed by atoms with Crippen LogP contribution in [0.15, 0.2) is 0 Å². The van der Waals surface area contributed by atoms with Crippen LogP contribution in [-0.4, -0.2) is 17.9 Å². The van der Waals surface area contributed by atoms with Crippen molar-refractivity contribution in [3.05, 3.63) is 0 Å². The Morgan fingerprint density at radius 3 is 2.18 bits per heavy atom. The molecule has 4 heteroatoms. The van der Waals surface area contributed by atoms with Crippen molar-refractivity contribution in [2.45, 2.75) is 92.0 Å². The summed E-state index contributed by atoms with van der Waals surface area (Å²) >= 11 is 0. The summed E-state index contributed by atoms with van der Waals surface area (Å²) in [5, 5.41) is 3.02. The first-order valence-corrected chi connectivity index (χ1v) is 8.73. The molecule has 0 saturated heterocycles. The van der Waals surface area contributed by atoms with E-state index in [-0.39, 0.29) is 35.6 Å². The number of unbranched alkanes of at least 4 members (excludes halogenated alkanes) is 4. The SMILES string of the molecule is CCCCCCCC(=O)N[C@H](CC(N)=O)C(C)CC(C)(C)C. The zero-order valence-corrected chi connectivity index (χ0v) is 15.2. The van der Waals surface area contributed by atoms with E-state index in [4.69, 9.17) is 5.73 Å². The van der Waals surface area contributed by atoms with Crippen LogP contribution in [0.1, 0.15) is 86.0 Å². The number of rotatable bonds is 11. The van der Waals surface area contributed by atoms with Gasteiger partial charge in [0.25, 0.3) is 0 Å². The van der Waals surface area contributed by atoms with Gasteiger partial charge in [-0.1, -0.05) is 60.3 Å². The van der Waals surface area contributed by atoms with Gasteiger partial charge in [-0.2, -0.15) is 0 Å². The molecular formula is C18H36N2O2. The fraction of sp³-hybridized carbons (Fsp3) is 0.889. The highest BCUT2D eigenvalue weighted by Crippen LogP contribution is 2.27. The van der Waals surface area contributed by atoms with Gasteiger partial charge in [-0.15, -0.1) is 0 Å². The monoisotopic (exact) mass is 312 g/mol. The number of nitrogens with two attached hydrogens (primary N) is 1. The largest absolute Gasteiger partial charge is 0.370 e. The summed E-state index contributed by atoms with van der Waals surface area (Å²) in [7, 11) is 0. The molecule has 0 fully saturated rings. The summed E-state index contributed by atoms with van der Waals surface area (Å²) in [6.07, 6.45) is 7.35. The maximum atomic E-state index is 12.1. The fourth-order valence-corrected chi connectivity index (χ4v) is 2.89. The average Bonchev–Trinajstić information content (AvgIpc) is 2.35. The molecule has 0 aromatic carbocycles. The van der Waals surface area contributed by atoms with Crippen LogP contribution in [0.25, 0.3) is 0 Å². The fourth-order valence-electron chi connectivity index (χ4n) is 2.89. The lowest BCUT2D eigenvalue weighted by Crippen LogP contribution is -2.43. The van der Waals surface area contributed by atoms with Crippen molar-refractivity contribution in [2.24, 2.45) is 17.1 Å². The summed E-state index contributed by atoms with van der Waals surface area (Å²) in [5.41, 5.74) is 5.50. The van der Waals surface area contributed by atoms with Crippen molar-refractivity contribution in [3.63, 3.8) is 0 Å². The number of carbonyl (C=O) groups excluding carboxylic acids is 2. The number of amides is 2. The molecule has 0 spiro atoms. The first-order chi connectivity index (χ1) is 10.2. The topological polar surface area (TPSA) is 72.2 Å². The molecule has 2 amide bonds. The molecule has 0 radical (unpaired) electrons. The second-order valence-electron chi connectivity index (χ2n) is 7.75. The van der Waals surface area contributed by atoms with Gasteiger partial charge in [-0.05, 0) is 24.2 Å². The maximum absolute atomic E-state index is 12.1. The van der Waals surface area contributed by atoms with Gasteiger partial charge in [0.15, 0.2) is 0 Å². The summed E-state index contributed by atoms with van der Waals surface area (Å²) in [5.74, 6) is -0.0749. The summed E-state index contributed by atoms with van der Waals surface area (Å²) in [6, 6.07) is -0.153. The molecule has 0 bridgehead atoms. The van der Waals surface area contributed by atoms with E-state index in [1.807, 2.05) is 0 Å². The quantitative estimate of drug-likeness (QED) is 0.570. The Morgan fingerprint density at radius 2 is 1.68 bits per heavy atom. The lowest BCUT2D eigenvalue weighted by molar-refractivity contribution is -0.123. The third-order valence-corrected chi connectivity index (χ3v) is 3.90.